The largest absolute Gasteiger partial charge is 0.298 e. The van der Waals surface area contributed by atoms with Crippen molar-refractivity contribution >= 4 is 56.9 Å². The molecule has 0 radical (unpaired) electrons. The first-order chi connectivity index (χ1) is 10.1. The summed E-state index contributed by atoms with van der Waals surface area (Å²) < 4.78 is 0.835. The summed E-state index contributed by atoms with van der Waals surface area (Å²) in [5, 5.41) is 5.07. The maximum Gasteiger partial charge on any atom is 0.259 e. The fourth-order valence-corrected chi connectivity index (χ4v) is 3.81. The van der Waals surface area contributed by atoms with Gasteiger partial charge in [0.15, 0.2) is 5.13 Å². The second-order valence-corrected chi connectivity index (χ2v) is 7.12. The Balaban J connectivity index is 1.79. The summed E-state index contributed by atoms with van der Waals surface area (Å²) in [5.41, 5.74) is 2.01. The van der Waals surface area contributed by atoms with Gasteiger partial charge in [-0.25, -0.2) is 4.98 Å². The first kappa shape index (κ1) is 14.5. The first-order valence-corrected chi connectivity index (χ1v) is 8.21. The molecule has 3 aromatic rings. The number of hydrogen-bond donors (Lipinski definition) is 1. The minimum atomic E-state index is -0.324. The third-order valence-corrected chi connectivity index (χ3v) is 4.83. The monoisotopic (exact) mass is 355 g/mol. The summed E-state index contributed by atoms with van der Waals surface area (Å²) in [6.07, 6.45) is 3.41. The first-order valence-electron chi connectivity index (χ1n) is 5.75. The highest BCUT2D eigenvalue weighted by Gasteiger charge is 2.16. The van der Waals surface area contributed by atoms with E-state index < -0.39 is 0 Å². The van der Waals surface area contributed by atoms with Gasteiger partial charge in [-0.15, -0.1) is 22.7 Å². The number of pyridine rings is 1. The number of anilines is 1. The molecule has 0 spiro atoms. The van der Waals surface area contributed by atoms with Crippen molar-refractivity contribution in [1.29, 1.82) is 0 Å². The maximum atomic E-state index is 12.1. The zero-order chi connectivity index (χ0) is 14.8. The van der Waals surface area contributed by atoms with Crippen molar-refractivity contribution < 1.29 is 4.79 Å². The number of nitrogens with one attached hydrogen (secondary N) is 1. The molecule has 21 heavy (non-hydrogen) atoms. The molecular formula is C13H7Cl2N3OS2. The standard InChI is InChI=1S/C13H7Cl2N3OS2/c14-10-4-8(11(15)21-10)12(19)18-13-17-9(6-20-13)7-2-1-3-16-5-7/h1-6H,(H,17,18,19). The van der Waals surface area contributed by atoms with Crippen LogP contribution in [0, 0.1) is 0 Å². The summed E-state index contributed by atoms with van der Waals surface area (Å²) in [7, 11) is 0. The van der Waals surface area contributed by atoms with Gasteiger partial charge in [0.1, 0.15) is 4.34 Å². The second kappa shape index (κ2) is 6.11. The quantitative estimate of drug-likeness (QED) is 0.732. The Morgan fingerprint density at radius 3 is 2.86 bits per heavy atom. The highest BCUT2D eigenvalue weighted by Crippen LogP contribution is 2.32. The molecule has 0 saturated heterocycles. The van der Waals surface area contributed by atoms with E-state index in [1.807, 2.05) is 17.5 Å². The molecule has 3 aromatic heterocycles. The van der Waals surface area contributed by atoms with E-state index in [0.29, 0.717) is 19.4 Å². The lowest BCUT2D eigenvalue weighted by Crippen LogP contribution is -2.11. The van der Waals surface area contributed by atoms with E-state index in [0.717, 1.165) is 22.6 Å². The molecule has 0 aliphatic heterocycles. The predicted octanol–water partition coefficient (Wildman–Crippen LogP) is 4.83. The fraction of sp³-hybridized carbons (Fsp3) is 0. The minimum absolute atomic E-state index is 0.324. The minimum Gasteiger partial charge on any atom is -0.298 e. The van der Waals surface area contributed by atoms with Crippen LogP contribution in [0.25, 0.3) is 11.3 Å². The molecule has 4 nitrogen and oxygen atoms in total. The number of amides is 1. The summed E-state index contributed by atoms with van der Waals surface area (Å²) in [6, 6.07) is 5.28. The van der Waals surface area contributed by atoms with Crippen molar-refractivity contribution in [2.24, 2.45) is 0 Å². The van der Waals surface area contributed by atoms with Crippen LogP contribution in [0.2, 0.25) is 8.67 Å². The number of thiazole rings is 1. The lowest BCUT2D eigenvalue weighted by atomic mass is 10.2. The zero-order valence-electron chi connectivity index (χ0n) is 10.3. The Kier molecular flexibility index (Phi) is 4.21. The van der Waals surface area contributed by atoms with Gasteiger partial charge >= 0.3 is 0 Å². The average molecular weight is 356 g/mol. The van der Waals surface area contributed by atoms with Gasteiger partial charge < -0.3 is 0 Å². The van der Waals surface area contributed by atoms with Crippen molar-refractivity contribution in [3.8, 4) is 11.3 Å². The summed E-state index contributed by atoms with van der Waals surface area (Å²) >= 11 is 14.3. The van der Waals surface area contributed by atoms with Crippen LogP contribution in [-0.2, 0) is 0 Å². The third-order valence-electron chi connectivity index (χ3n) is 2.58. The van der Waals surface area contributed by atoms with Gasteiger partial charge in [-0.05, 0) is 18.2 Å². The van der Waals surface area contributed by atoms with Crippen molar-refractivity contribution in [2.45, 2.75) is 0 Å². The number of hydrogen-bond acceptors (Lipinski definition) is 5. The molecule has 0 aliphatic rings. The molecule has 106 valence electrons. The van der Waals surface area contributed by atoms with Gasteiger partial charge in [-0.1, -0.05) is 23.2 Å². The van der Waals surface area contributed by atoms with E-state index in [-0.39, 0.29) is 5.91 Å². The Morgan fingerprint density at radius 2 is 2.19 bits per heavy atom. The summed E-state index contributed by atoms with van der Waals surface area (Å²) in [4.78, 5) is 20.5. The molecule has 3 heterocycles. The highest BCUT2D eigenvalue weighted by atomic mass is 35.5. The van der Waals surface area contributed by atoms with E-state index in [4.69, 9.17) is 23.2 Å². The Labute approximate surface area is 138 Å². The smallest absolute Gasteiger partial charge is 0.259 e. The number of thiophene rings is 1. The second-order valence-electron chi connectivity index (χ2n) is 3.97. The van der Waals surface area contributed by atoms with Crippen molar-refractivity contribution in [3.05, 3.63) is 50.2 Å². The molecular weight excluding hydrogens is 349 g/mol. The number of aromatic nitrogens is 2. The SMILES string of the molecule is O=C(Nc1nc(-c2cccnc2)cs1)c1cc(Cl)sc1Cl. The molecule has 0 aliphatic carbocycles. The lowest BCUT2D eigenvalue weighted by molar-refractivity contribution is 0.102. The number of carbonyl (C=O) groups is 1. The van der Waals surface area contributed by atoms with E-state index in [9.17, 15) is 4.79 Å². The van der Waals surface area contributed by atoms with Crippen molar-refractivity contribution in [3.63, 3.8) is 0 Å². The number of nitrogens with zero attached hydrogens (tertiary/aromatic N) is 2. The van der Waals surface area contributed by atoms with Gasteiger partial charge in [0, 0.05) is 23.3 Å². The molecule has 0 atom stereocenters. The molecule has 0 unspecified atom stereocenters. The Bertz CT molecular complexity index is 786. The number of halogens is 2. The van der Waals surface area contributed by atoms with Crippen molar-refractivity contribution in [1.82, 2.24) is 9.97 Å². The summed E-state index contributed by atoms with van der Waals surface area (Å²) in [5.74, 6) is -0.324. The normalized spacial score (nSPS) is 10.6. The van der Waals surface area contributed by atoms with Crippen LogP contribution in [-0.4, -0.2) is 15.9 Å². The Hall–Kier alpha value is -1.47. The van der Waals surface area contributed by atoms with Crippen LogP contribution < -0.4 is 5.32 Å². The molecule has 0 fully saturated rings. The Morgan fingerprint density at radius 1 is 1.33 bits per heavy atom. The van der Waals surface area contributed by atoms with Crippen molar-refractivity contribution in [2.75, 3.05) is 5.32 Å². The summed E-state index contributed by atoms with van der Waals surface area (Å²) in [6.45, 7) is 0. The van der Waals surface area contributed by atoms with E-state index in [1.165, 1.54) is 11.3 Å². The molecule has 1 amide bonds. The van der Waals surface area contributed by atoms with Gasteiger partial charge in [-0.2, -0.15) is 0 Å². The fourth-order valence-electron chi connectivity index (χ4n) is 1.64. The molecule has 0 bridgehead atoms. The van der Waals surface area contributed by atoms with E-state index in [1.54, 1.807) is 18.5 Å². The van der Waals surface area contributed by atoms with E-state index >= 15 is 0 Å². The number of carbonyl (C=O) groups excluding carboxylic acids is 1. The number of rotatable bonds is 3. The highest BCUT2D eigenvalue weighted by molar-refractivity contribution is 7.20. The average Bonchev–Trinajstić information content (AvgIpc) is 3.06. The molecule has 0 saturated carbocycles. The van der Waals surface area contributed by atoms with E-state index in [2.05, 4.69) is 15.3 Å². The van der Waals surface area contributed by atoms with Gasteiger partial charge in [0.25, 0.3) is 5.91 Å². The zero-order valence-corrected chi connectivity index (χ0v) is 13.5. The molecule has 3 rings (SSSR count). The van der Waals surface area contributed by atoms with Gasteiger partial charge in [0.05, 0.1) is 15.6 Å². The van der Waals surface area contributed by atoms with Gasteiger partial charge in [0.2, 0.25) is 0 Å². The molecule has 8 heteroatoms. The maximum absolute atomic E-state index is 12.1. The lowest BCUT2D eigenvalue weighted by Gasteiger charge is -1.99. The topological polar surface area (TPSA) is 54.9 Å². The molecule has 1 N–H and O–H groups in total. The van der Waals surface area contributed by atoms with Crippen LogP contribution in [0.5, 0.6) is 0 Å². The van der Waals surface area contributed by atoms with Crippen LogP contribution in [0.1, 0.15) is 10.4 Å². The van der Waals surface area contributed by atoms with Gasteiger partial charge in [-0.3, -0.25) is 15.1 Å². The van der Waals surface area contributed by atoms with Crippen LogP contribution in [0.3, 0.4) is 0 Å². The van der Waals surface area contributed by atoms with Crippen LogP contribution >= 0.6 is 45.9 Å². The molecule has 0 aromatic carbocycles. The third kappa shape index (κ3) is 3.24. The van der Waals surface area contributed by atoms with Crippen LogP contribution in [0.15, 0.2) is 36.0 Å². The predicted molar refractivity (Wildman–Crippen MR) is 87.6 cm³/mol. The van der Waals surface area contributed by atoms with Crippen LogP contribution in [0.4, 0.5) is 5.13 Å².